The molecule has 3 aliphatic heterocycles. The Morgan fingerprint density at radius 3 is 1.55 bits per heavy atom. The minimum absolute atomic E-state index is 0.0540. The molecule has 11 N–H and O–H groups in total. The van der Waals surface area contributed by atoms with Crippen LogP contribution in [0.15, 0.2) is 121 Å². The first-order valence-corrected chi connectivity index (χ1v) is 29.6. The number of benzene rings is 5. The van der Waals surface area contributed by atoms with Crippen molar-refractivity contribution in [3.05, 3.63) is 174 Å². The lowest BCUT2D eigenvalue weighted by Gasteiger charge is -2.53. The van der Waals surface area contributed by atoms with Crippen molar-refractivity contribution in [3.63, 3.8) is 0 Å². The number of aliphatic hydroxyl groups is 7. The van der Waals surface area contributed by atoms with Gasteiger partial charge >= 0.3 is 0 Å². The predicted octanol–water partition coefficient (Wildman–Crippen LogP) is 6.07. The van der Waals surface area contributed by atoms with Crippen LogP contribution in [0.5, 0.6) is 0 Å². The Balaban J connectivity index is 1.03. The van der Waals surface area contributed by atoms with Crippen molar-refractivity contribution in [2.24, 2.45) is 5.92 Å². The fourth-order valence-corrected chi connectivity index (χ4v) is 12.6. The molecule has 1 saturated carbocycles. The standard InChI is InChI=1S/C60H73Cl5N4O13/c1-60(39(51(72)53(74)48(31-70)81-60)23-22-33-12-2-7-17-40(33)61)82-56-45(68-28-36-15-5-10-20-43(36)64)24-38(67-27-35-14-4-9-19-42(35)63)25-46(56)77-59-55(76)57(49(32-71)79-59)80-58-50(69-29-37-16-6-11-21-44(37)65)54(75)52(73)47(78-58)30-66-26-34-13-3-8-18-41(34)62/h2-21,38-39,45-59,66-76H,22-32H2,1H3. The van der Waals surface area contributed by atoms with Crippen molar-refractivity contribution >= 4 is 58.0 Å². The van der Waals surface area contributed by atoms with Crippen LogP contribution >= 0.6 is 58.0 Å². The maximum absolute atomic E-state index is 12.5. The van der Waals surface area contributed by atoms with E-state index in [4.69, 9.17) is 86.4 Å². The van der Waals surface area contributed by atoms with Crippen molar-refractivity contribution < 1.29 is 64.2 Å². The fraction of sp³-hybridized carbons (Fsp3) is 0.500. The maximum atomic E-state index is 12.5. The van der Waals surface area contributed by atoms with E-state index in [1.165, 1.54) is 0 Å². The van der Waals surface area contributed by atoms with Gasteiger partial charge in [0, 0.05) is 75.8 Å². The molecule has 0 bridgehead atoms. The van der Waals surface area contributed by atoms with Gasteiger partial charge < -0.3 is 85.4 Å². The van der Waals surface area contributed by atoms with Crippen LogP contribution in [0, 0.1) is 5.92 Å². The molecule has 1 aliphatic carbocycles. The molecule has 0 amide bonds. The average molecular weight is 1240 g/mol. The molecule has 18 atom stereocenters. The van der Waals surface area contributed by atoms with Crippen molar-refractivity contribution in [2.45, 2.75) is 162 Å². The monoisotopic (exact) mass is 1230 g/mol. The highest BCUT2D eigenvalue weighted by atomic mass is 35.5. The van der Waals surface area contributed by atoms with Crippen molar-refractivity contribution in [1.29, 1.82) is 0 Å². The minimum Gasteiger partial charge on any atom is -0.394 e. The smallest absolute Gasteiger partial charge is 0.187 e. The molecule has 17 nitrogen and oxygen atoms in total. The van der Waals surface area contributed by atoms with Crippen molar-refractivity contribution in [3.8, 4) is 0 Å². The molecule has 5 aromatic carbocycles. The predicted molar refractivity (Wildman–Crippen MR) is 311 cm³/mol. The minimum atomic E-state index is -1.70. The van der Waals surface area contributed by atoms with E-state index in [-0.39, 0.29) is 38.5 Å². The topological polar surface area (TPSA) is 245 Å². The number of aryl methyl sites for hydroxylation is 1. The van der Waals surface area contributed by atoms with Gasteiger partial charge in [-0.15, -0.1) is 0 Å². The molecule has 22 heteroatoms. The van der Waals surface area contributed by atoms with Gasteiger partial charge in [-0.1, -0.05) is 149 Å². The molecule has 3 heterocycles. The lowest BCUT2D eigenvalue weighted by Crippen LogP contribution is -2.66. The largest absolute Gasteiger partial charge is 0.394 e. The third kappa shape index (κ3) is 15.3. The Morgan fingerprint density at radius 2 is 1.00 bits per heavy atom. The number of hydrogen-bond donors (Lipinski definition) is 11. The second-order valence-corrected chi connectivity index (χ2v) is 23.6. The van der Waals surface area contributed by atoms with Crippen LogP contribution in [0.1, 0.15) is 54.0 Å². The van der Waals surface area contributed by atoms with Gasteiger partial charge in [0.15, 0.2) is 18.4 Å². The van der Waals surface area contributed by atoms with Crippen LogP contribution in [0.4, 0.5) is 0 Å². The molecule has 4 fully saturated rings. The van der Waals surface area contributed by atoms with Gasteiger partial charge in [0.05, 0.1) is 31.5 Å². The summed E-state index contributed by atoms with van der Waals surface area (Å²) in [5.74, 6) is -2.60. The van der Waals surface area contributed by atoms with Crippen molar-refractivity contribution in [2.75, 3.05) is 19.8 Å². The Bertz CT molecular complexity index is 2830. The molecular formula is C60H73Cl5N4O13. The summed E-state index contributed by atoms with van der Waals surface area (Å²) in [6.45, 7) is 1.55. The van der Waals surface area contributed by atoms with Gasteiger partial charge in [0.1, 0.15) is 54.9 Å². The zero-order valence-electron chi connectivity index (χ0n) is 45.1. The normalized spacial score (nSPS) is 33.2. The summed E-state index contributed by atoms with van der Waals surface area (Å²) in [7, 11) is 0. The van der Waals surface area contributed by atoms with Gasteiger partial charge in [0.25, 0.3) is 0 Å². The number of aliphatic hydroxyl groups excluding tert-OH is 7. The van der Waals surface area contributed by atoms with Crippen LogP contribution in [-0.4, -0.2) is 159 Å². The third-order valence-corrected chi connectivity index (χ3v) is 18.0. The van der Waals surface area contributed by atoms with E-state index >= 15 is 0 Å². The Kier molecular flexibility index (Phi) is 22.8. The Hall–Kier alpha value is -3.13. The molecule has 4 aliphatic rings. The second-order valence-electron chi connectivity index (χ2n) is 21.6. The van der Waals surface area contributed by atoms with Crippen LogP contribution in [0.2, 0.25) is 25.1 Å². The van der Waals surface area contributed by atoms with Gasteiger partial charge in [-0.2, -0.15) is 0 Å². The van der Waals surface area contributed by atoms with Gasteiger partial charge in [-0.3, -0.25) is 0 Å². The van der Waals surface area contributed by atoms with E-state index < -0.39 is 117 Å². The highest BCUT2D eigenvalue weighted by molar-refractivity contribution is 6.32. The van der Waals surface area contributed by atoms with E-state index in [0.717, 1.165) is 22.3 Å². The third-order valence-electron chi connectivity index (χ3n) is 16.2. The molecule has 5 aromatic rings. The van der Waals surface area contributed by atoms with Crippen LogP contribution < -0.4 is 21.3 Å². The highest BCUT2D eigenvalue weighted by Gasteiger charge is 2.57. The number of halogens is 5. The Labute approximate surface area is 503 Å². The molecule has 0 aromatic heterocycles. The summed E-state index contributed by atoms with van der Waals surface area (Å²) in [6, 6.07) is 34.7. The van der Waals surface area contributed by atoms with E-state index in [1.54, 1.807) is 37.3 Å². The first-order valence-electron chi connectivity index (χ1n) is 27.7. The molecule has 9 rings (SSSR count). The number of hydrogen-bond acceptors (Lipinski definition) is 17. The van der Waals surface area contributed by atoms with E-state index in [9.17, 15) is 35.7 Å². The molecular weight excluding hydrogens is 1160 g/mol. The van der Waals surface area contributed by atoms with E-state index in [2.05, 4.69) is 21.3 Å². The van der Waals surface area contributed by atoms with E-state index in [0.29, 0.717) is 56.6 Å². The van der Waals surface area contributed by atoms with Gasteiger partial charge in [-0.25, -0.2) is 0 Å². The molecule has 0 radical (unpaired) electrons. The number of ether oxygens (including phenoxy) is 6. The highest BCUT2D eigenvalue weighted by Crippen LogP contribution is 2.43. The van der Waals surface area contributed by atoms with Crippen molar-refractivity contribution in [1.82, 2.24) is 21.3 Å². The molecule has 0 spiro atoms. The van der Waals surface area contributed by atoms with Crippen LogP contribution in [0.3, 0.4) is 0 Å². The lowest BCUT2D eigenvalue weighted by atomic mass is 9.80. The van der Waals surface area contributed by atoms with Gasteiger partial charge in [0.2, 0.25) is 0 Å². The zero-order chi connectivity index (χ0) is 58.1. The molecule has 3 saturated heterocycles. The lowest BCUT2D eigenvalue weighted by molar-refractivity contribution is -0.370. The summed E-state index contributed by atoms with van der Waals surface area (Å²) >= 11 is 33.0. The van der Waals surface area contributed by atoms with E-state index in [1.807, 2.05) is 91.0 Å². The SMILES string of the molecule is CC1(OC2C(NCc3ccccc3Cl)CC(NCc3ccccc3Cl)CC2OC2OC(CO)C(OC3OC(CNCc4ccccc4Cl)C(O)C(O)C3NCc3ccccc3Cl)C2O)OC(CO)C(O)C(O)C1CCc1ccccc1Cl. The summed E-state index contributed by atoms with van der Waals surface area (Å²) in [4.78, 5) is 0. The fourth-order valence-electron chi connectivity index (χ4n) is 11.6. The summed E-state index contributed by atoms with van der Waals surface area (Å²) in [5.41, 5.74) is 3.96. The molecule has 446 valence electrons. The number of nitrogens with one attached hydrogen (secondary N) is 4. The summed E-state index contributed by atoms with van der Waals surface area (Å²) < 4.78 is 40.4. The average Bonchev–Trinajstić information content (AvgIpc) is 3.90. The summed E-state index contributed by atoms with van der Waals surface area (Å²) in [5, 5.41) is 97.4. The first-order chi connectivity index (χ1) is 39.5. The van der Waals surface area contributed by atoms with Gasteiger partial charge in [-0.05, 0) is 90.8 Å². The quantitative estimate of drug-likeness (QED) is 0.0336. The zero-order valence-corrected chi connectivity index (χ0v) is 48.9. The Morgan fingerprint density at radius 1 is 0.512 bits per heavy atom. The maximum Gasteiger partial charge on any atom is 0.187 e. The second kappa shape index (κ2) is 29.5. The summed E-state index contributed by atoms with van der Waals surface area (Å²) in [6.07, 6.45) is -15.8. The molecule has 82 heavy (non-hydrogen) atoms. The molecule has 18 unspecified atom stereocenters. The van der Waals surface area contributed by atoms with Crippen LogP contribution in [-0.2, 0) is 61.0 Å². The first kappa shape index (κ1) is 63.4. The number of rotatable bonds is 24. The van der Waals surface area contributed by atoms with Crippen LogP contribution in [0.25, 0.3) is 0 Å².